The van der Waals surface area contributed by atoms with Gasteiger partial charge in [0.2, 0.25) is 5.91 Å². The van der Waals surface area contributed by atoms with Crippen LogP contribution in [0.5, 0.6) is 0 Å². The largest absolute Gasteiger partial charge is 0.360 e. The minimum absolute atomic E-state index is 0.00382. The van der Waals surface area contributed by atoms with E-state index in [2.05, 4.69) is 15.8 Å². The van der Waals surface area contributed by atoms with E-state index in [4.69, 9.17) is 4.52 Å². The molecule has 1 aromatic heterocycles. The molecule has 2 aromatic rings. The molecule has 0 bridgehead atoms. The van der Waals surface area contributed by atoms with E-state index in [1.54, 1.807) is 6.07 Å². The van der Waals surface area contributed by atoms with Gasteiger partial charge in [-0.05, 0) is 31.0 Å². The minimum atomic E-state index is -0.578. The van der Waals surface area contributed by atoms with Crippen molar-refractivity contribution in [1.82, 2.24) is 5.16 Å². The highest BCUT2D eigenvalue weighted by Gasteiger charge is 2.28. The van der Waals surface area contributed by atoms with E-state index in [0.29, 0.717) is 17.4 Å². The zero-order valence-electron chi connectivity index (χ0n) is 11.9. The summed E-state index contributed by atoms with van der Waals surface area (Å²) in [6.45, 7) is 1.28. The molecule has 1 aliphatic rings. The van der Waals surface area contributed by atoms with Crippen molar-refractivity contribution in [2.45, 2.75) is 25.7 Å². The number of hydrogen-bond donors (Lipinski definition) is 2. The van der Waals surface area contributed by atoms with Crippen LogP contribution in [0.3, 0.4) is 0 Å². The Balaban J connectivity index is 1.73. The second kappa shape index (κ2) is 5.59. The molecule has 22 heavy (non-hydrogen) atoms. The molecule has 0 atom stereocenters. The maximum atomic E-state index is 13.5. The average Bonchev–Trinajstić information content (AvgIpc) is 3.19. The molecule has 1 aliphatic carbocycles. The summed E-state index contributed by atoms with van der Waals surface area (Å²) in [5.41, 5.74) is 0.530. The lowest BCUT2D eigenvalue weighted by Crippen LogP contribution is -2.13. The van der Waals surface area contributed by atoms with Crippen LogP contribution in [-0.2, 0) is 4.79 Å². The molecule has 2 N–H and O–H groups in total. The predicted octanol–water partition coefficient (Wildman–Crippen LogP) is 2.90. The predicted molar refractivity (Wildman–Crippen MR) is 77.1 cm³/mol. The van der Waals surface area contributed by atoms with Gasteiger partial charge in [0, 0.05) is 24.6 Å². The molecule has 0 radical (unpaired) electrons. The topological polar surface area (TPSA) is 84.2 Å². The van der Waals surface area contributed by atoms with E-state index in [-0.39, 0.29) is 11.4 Å². The number of nitrogens with zero attached hydrogens (tertiary/aromatic N) is 1. The van der Waals surface area contributed by atoms with Gasteiger partial charge in [-0.2, -0.15) is 0 Å². The van der Waals surface area contributed by atoms with Crippen molar-refractivity contribution in [2.24, 2.45) is 0 Å². The van der Waals surface area contributed by atoms with Gasteiger partial charge in [0.1, 0.15) is 11.6 Å². The highest BCUT2D eigenvalue weighted by atomic mass is 19.1. The van der Waals surface area contributed by atoms with E-state index in [1.807, 2.05) is 0 Å². The third-order valence-electron chi connectivity index (χ3n) is 3.28. The number of anilines is 2. The first-order valence-corrected chi connectivity index (χ1v) is 6.88. The molecule has 0 unspecified atom stereocenters. The number of rotatable bonds is 4. The van der Waals surface area contributed by atoms with E-state index >= 15 is 0 Å². The van der Waals surface area contributed by atoms with Crippen LogP contribution in [0.4, 0.5) is 15.8 Å². The normalized spacial score (nSPS) is 13.7. The van der Waals surface area contributed by atoms with Crippen LogP contribution in [0.25, 0.3) is 0 Å². The summed E-state index contributed by atoms with van der Waals surface area (Å²) in [7, 11) is 0. The van der Waals surface area contributed by atoms with Crippen LogP contribution in [0.15, 0.2) is 28.8 Å². The van der Waals surface area contributed by atoms with Crippen molar-refractivity contribution < 1.29 is 18.5 Å². The Hall–Kier alpha value is -2.70. The maximum absolute atomic E-state index is 13.5. The van der Waals surface area contributed by atoms with Crippen LogP contribution in [0.2, 0.25) is 0 Å². The number of benzene rings is 1. The van der Waals surface area contributed by atoms with Crippen LogP contribution >= 0.6 is 0 Å². The Bertz CT molecular complexity index is 737. The highest BCUT2D eigenvalue weighted by Crippen LogP contribution is 2.40. The number of aromatic nitrogens is 1. The summed E-state index contributed by atoms with van der Waals surface area (Å²) in [5, 5.41) is 8.68. The monoisotopic (exact) mass is 303 g/mol. The number of carbonyl (C=O) groups excluding carboxylic acids is 2. The first-order chi connectivity index (χ1) is 10.5. The molecule has 1 saturated carbocycles. The van der Waals surface area contributed by atoms with Crippen molar-refractivity contribution in [3.8, 4) is 0 Å². The first-order valence-electron chi connectivity index (χ1n) is 6.88. The molecule has 1 aromatic carbocycles. The summed E-state index contributed by atoms with van der Waals surface area (Å²) >= 11 is 0. The van der Waals surface area contributed by atoms with Crippen molar-refractivity contribution in [3.05, 3.63) is 41.5 Å². The Labute approximate surface area is 125 Å². The van der Waals surface area contributed by atoms with Gasteiger partial charge >= 0.3 is 0 Å². The first kappa shape index (κ1) is 14.2. The van der Waals surface area contributed by atoms with E-state index in [0.717, 1.165) is 12.8 Å². The Morgan fingerprint density at radius 3 is 2.73 bits per heavy atom. The van der Waals surface area contributed by atoms with Gasteiger partial charge in [-0.15, -0.1) is 0 Å². The fraction of sp³-hybridized carbons (Fsp3) is 0.267. The van der Waals surface area contributed by atoms with Crippen LogP contribution < -0.4 is 10.6 Å². The molecule has 2 amide bonds. The van der Waals surface area contributed by atoms with Gasteiger partial charge in [0.05, 0.1) is 5.69 Å². The zero-order valence-corrected chi connectivity index (χ0v) is 11.9. The maximum Gasteiger partial charge on any atom is 0.277 e. The van der Waals surface area contributed by atoms with Crippen molar-refractivity contribution in [2.75, 3.05) is 10.6 Å². The van der Waals surface area contributed by atoms with Gasteiger partial charge < -0.3 is 15.2 Å². The van der Waals surface area contributed by atoms with Gasteiger partial charge in [-0.3, -0.25) is 9.59 Å². The van der Waals surface area contributed by atoms with Crippen LogP contribution in [0.1, 0.15) is 41.9 Å². The number of nitrogens with one attached hydrogen (secondary N) is 2. The third kappa shape index (κ3) is 3.13. The Morgan fingerprint density at radius 1 is 1.27 bits per heavy atom. The molecule has 0 spiro atoms. The Morgan fingerprint density at radius 2 is 2.05 bits per heavy atom. The molecule has 7 heteroatoms. The molecule has 0 saturated heterocycles. The number of halogens is 1. The summed E-state index contributed by atoms with van der Waals surface area (Å²) < 4.78 is 18.6. The lowest BCUT2D eigenvalue weighted by molar-refractivity contribution is -0.114. The quantitative estimate of drug-likeness (QED) is 0.909. The molecule has 1 heterocycles. The van der Waals surface area contributed by atoms with Gasteiger partial charge in [-0.25, -0.2) is 4.39 Å². The summed E-state index contributed by atoms with van der Waals surface area (Å²) in [4.78, 5) is 23.1. The number of amides is 2. The second-order valence-electron chi connectivity index (χ2n) is 5.22. The standard InChI is InChI=1S/C15H14FN3O3/c1-8(20)17-12-6-10(4-5-11(12)16)18-15(21)13-7-14(22-19-13)9-2-3-9/h4-7,9H,2-3H2,1H3,(H,17,20)(H,18,21). The fourth-order valence-electron chi connectivity index (χ4n) is 2.04. The van der Waals surface area contributed by atoms with Gasteiger partial charge in [0.25, 0.3) is 5.91 Å². The van der Waals surface area contributed by atoms with Gasteiger partial charge in [-0.1, -0.05) is 5.16 Å². The lowest BCUT2D eigenvalue weighted by Gasteiger charge is -2.07. The molecular weight excluding hydrogens is 289 g/mol. The number of carbonyl (C=O) groups is 2. The minimum Gasteiger partial charge on any atom is -0.360 e. The molecule has 1 fully saturated rings. The smallest absolute Gasteiger partial charge is 0.277 e. The summed E-state index contributed by atoms with van der Waals surface area (Å²) in [6.07, 6.45) is 2.10. The van der Waals surface area contributed by atoms with E-state index < -0.39 is 17.6 Å². The van der Waals surface area contributed by atoms with E-state index in [9.17, 15) is 14.0 Å². The zero-order chi connectivity index (χ0) is 15.7. The third-order valence-corrected chi connectivity index (χ3v) is 3.28. The number of hydrogen-bond acceptors (Lipinski definition) is 4. The van der Waals surface area contributed by atoms with E-state index in [1.165, 1.54) is 25.1 Å². The molecule has 3 rings (SSSR count). The Kier molecular flexibility index (Phi) is 3.62. The average molecular weight is 303 g/mol. The summed E-state index contributed by atoms with van der Waals surface area (Å²) in [6, 6.07) is 5.53. The highest BCUT2D eigenvalue weighted by molar-refractivity contribution is 6.03. The van der Waals surface area contributed by atoms with Gasteiger partial charge in [0.15, 0.2) is 5.69 Å². The SMILES string of the molecule is CC(=O)Nc1cc(NC(=O)c2cc(C3CC3)on2)ccc1F. The summed E-state index contributed by atoms with van der Waals surface area (Å²) in [5.74, 6) is -0.343. The lowest BCUT2D eigenvalue weighted by atomic mass is 10.2. The molecule has 0 aliphatic heterocycles. The van der Waals surface area contributed by atoms with Crippen LogP contribution in [-0.4, -0.2) is 17.0 Å². The van der Waals surface area contributed by atoms with Crippen molar-refractivity contribution in [3.63, 3.8) is 0 Å². The van der Waals surface area contributed by atoms with Crippen molar-refractivity contribution in [1.29, 1.82) is 0 Å². The fourth-order valence-corrected chi connectivity index (χ4v) is 2.04. The second-order valence-corrected chi connectivity index (χ2v) is 5.22. The van der Waals surface area contributed by atoms with Crippen LogP contribution in [0, 0.1) is 5.82 Å². The molecule has 6 nitrogen and oxygen atoms in total. The molecular formula is C15H14FN3O3. The molecule has 114 valence electrons. The van der Waals surface area contributed by atoms with Crippen molar-refractivity contribution >= 4 is 23.2 Å².